The van der Waals surface area contributed by atoms with Crippen LogP contribution in [0.3, 0.4) is 0 Å². The minimum absolute atomic E-state index is 0.0696. The van der Waals surface area contributed by atoms with Gasteiger partial charge < -0.3 is 15.7 Å². The molecule has 0 aliphatic rings. The van der Waals surface area contributed by atoms with Gasteiger partial charge in [-0.05, 0) is 29.8 Å². The Morgan fingerprint density at radius 3 is 2.44 bits per heavy atom. The molecular weight excluding hydrogens is 342 g/mol. The van der Waals surface area contributed by atoms with E-state index in [4.69, 9.17) is 22.0 Å². The highest BCUT2D eigenvalue weighted by Gasteiger charge is 2.11. The predicted molar refractivity (Wildman–Crippen MR) is 95.2 cm³/mol. The summed E-state index contributed by atoms with van der Waals surface area (Å²) >= 11 is 5.97. The van der Waals surface area contributed by atoms with Crippen LogP contribution in [0.15, 0.2) is 60.3 Å². The molecule has 0 radical (unpaired) electrons. The van der Waals surface area contributed by atoms with Crippen LogP contribution in [0.2, 0.25) is 5.02 Å². The van der Waals surface area contributed by atoms with Crippen molar-refractivity contribution in [3.8, 4) is 6.07 Å². The molecule has 126 valence electrons. The molecule has 25 heavy (non-hydrogen) atoms. The van der Waals surface area contributed by atoms with E-state index in [-0.39, 0.29) is 12.0 Å². The molecule has 0 unspecified atom stereocenters. The van der Waals surface area contributed by atoms with E-state index in [1.807, 2.05) is 6.07 Å². The van der Waals surface area contributed by atoms with E-state index in [2.05, 4.69) is 10.6 Å². The Hall–Kier alpha value is -3.30. The van der Waals surface area contributed by atoms with Gasteiger partial charge in [-0.1, -0.05) is 35.9 Å². The molecule has 2 rings (SSSR count). The zero-order chi connectivity index (χ0) is 18.2. The van der Waals surface area contributed by atoms with Gasteiger partial charge in [0.05, 0.1) is 17.1 Å². The quantitative estimate of drug-likeness (QED) is 0.544. The molecule has 7 heteroatoms. The molecule has 2 aromatic carbocycles. The first-order valence-corrected chi connectivity index (χ1v) is 7.61. The largest absolute Gasteiger partial charge is 0.481 e. The number of carboxylic acid groups (broad SMARTS) is 1. The highest BCUT2D eigenvalue weighted by atomic mass is 35.5. The molecule has 0 heterocycles. The van der Waals surface area contributed by atoms with Crippen LogP contribution < -0.4 is 10.6 Å². The average Bonchev–Trinajstić information content (AvgIpc) is 2.58. The number of carbonyl (C=O) groups is 2. The summed E-state index contributed by atoms with van der Waals surface area (Å²) in [5.41, 5.74) is 1.55. The maximum absolute atomic E-state index is 12.1. The van der Waals surface area contributed by atoms with Crippen molar-refractivity contribution in [3.05, 3.63) is 70.9 Å². The number of anilines is 2. The van der Waals surface area contributed by atoms with Gasteiger partial charge in [0.1, 0.15) is 11.6 Å². The summed E-state index contributed by atoms with van der Waals surface area (Å²) in [6.45, 7) is 0. The van der Waals surface area contributed by atoms with Crippen molar-refractivity contribution in [2.45, 2.75) is 6.42 Å². The van der Waals surface area contributed by atoms with Crippen molar-refractivity contribution in [1.82, 2.24) is 0 Å². The van der Waals surface area contributed by atoms with Crippen molar-refractivity contribution >= 4 is 34.9 Å². The third-order valence-corrected chi connectivity index (χ3v) is 3.51. The zero-order valence-electron chi connectivity index (χ0n) is 13.0. The number of halogens is 1. The van der Waals surface area contributed by atoms with E-state index < -0.39 is 11.9 Å². The number of nitrogens with zero attached hydrogens (tertiary/aromatic N) is 1. The second-order valence-electron chi connectivity index (χ2n) is 5.02. The van der Waals surface area contributed by atoms with Gasteiger partial charge in [0.15, 0.2) is 0 Å². The fourth-order valence-electron chi connectivity index (χ4n) is 1.95. The van der Waals surface area contributed by atoms with Gasteiger partial charge in [-0.15, -0.1) is 0 Å². The minimum atomic E-state index is -0.913. The molecule has 0 saturated carbocycles. The topological polar surface area (TPSA) is 102 Å². The Balaban J connectivity index is 2.04. The number of aliphatic carboxylic acids is 1. The van der Waals surface area contributed by atoms with Crippen molar-refractivity contribution in [2.24, 2.45) is 0 Å². The molecule has 0 bridgehead atoms. The molecule has 0 aromatic heterocycles. The number of para-hydroxylation sites is 1. The molecule has 0 atom stereocenters. The monoisotopic (exact) mass is 355 g/mol. The number of carbonyl (C=O) groups excluding carboxylic acids is 1. The molecular formula is C18H14ClN3O3. The normalized spacial score (nSPS) is 10.6. The Labute approximate surface area is 149 Å². The lowest BCUT2D eigenvalue weighted by Gasteiger charge is -2.07. The Kier molecular flexibility index (Phi) is 6.15. The van der Waals surface area contributed by atoms with Gasteiger partial charge in [0.2, 0.25) is 0 Å². The fraction of sp³-hybridized carbons (Fsp3) is 0.0556. The first kappa shape index (κ1) is 18.0. The molecule has 0 spiro atoms. The third-order valence-electron chi connectivity index (χ3n) is 3.18. The van der Waals surface area contributed by atoms with Crippen LogP contribution in [-0.2, 0) is 16.0 Å². The van der Waals surface area contributed by atoms with E-state index >= 15 is 0 Å². The number of hydrogen-bond donors (Lipinski definition) is 3. The van der Waals surface area contributed by atoms with Crippen LogP contribution in [0.4, 0.5) is 11.4 Å². The van der Waals surface area contributed by atoms with Crippen molar-refractivity contribution in [1.29, 1.82) is 5.26 Å². The van der Waals surface area contributed by atoms with Gasteiger partial charge in [-0.3, -0.25) is 9.59 Å². The van der Waals surface area contributed by atoms with Crippen LogP contribution in [-0.4, -0.2) is 17.0 Å². The number of amides is 1. The molecule has 0 aliphatic carbocycles. The van der Waals surface area contributed by atoms with Gasteiger partial charge in [0.25, 0.3) is 5.91 Å². The summed E-state index contributed by atoms with van der Waals surface area (Å²) in [4.78, 5) is 22.8. The van der Waals surface area contributed by atoms with E-state index in [0.717, 1.165) is 0 Å². The number of hydrogen-bond acceptors (Lipinski definition) is 4. The number of nitriles is 1. The smallest absolute Gasteiger partial charge is 0.307 e. The Morgan fingerprint density at radius 2 is 1.84 bits per heavy atom. The SMILES string of the molecule is N#C/C(=C/Nc1ccc(CC(=O)O)cc1)C(=O)Nc1ccccc1Cl. The molecule has 6 nitrogen and oxygen atoms in total. The molecule has 0 fully saturated rings. The zero-order valence-corrected chi connectivity index (χ0v) is 13.7. The highest BCUT2D eigenvalue weighted by Crippen LogP contribution is 2.21. The van der Waals surface area contributed by atoms with Crippen LogP contribution in [0.5, 0.6) is 0 Å². The van der Waals surface area contributed by atoms with Crippen LogP contribution in [0.1, 0.15) is 5.56 Å². The average molecular weight is 356 g/mol. The Bertz CT molecular complexity index is 855. The first-order chi connectivity index (χ1) is 12.0. The minimum Gasteiger partial charge on any atom is -0.481 e. The van der Waals surface area contributed by atoms with E-state index in [9.17, 15) is 9.59 Å². The molecule has 1 amide bonds. The van der Waals surface area contributed by atoms with Crippen molar-refractivity contribution in [3.63, 3.8) is 0 Å². The lowest BCUT2D eigenvalue weighted by Crippen LogP contribution is -2.14. The van der Waals surface area contributed by atoms with E-state index in [1.54, 1.807) is 48.5 Å². The second-order valence-corrected chi connectivity index (χ2v) is 5.42. The third kappa shape index (κ3) is 5.37. The van der Waals surface area contributed by atoms with Gasteiger partial charge in [0, 0.05) is 11.9 Å². The second kappa shape index (κ2) is 8.52. The fourth-order valence-corrected chi connectivity index (χ4v) is 2.13. The standard InChI is InChI=1S/C18H14ClN3O3/c19-15-3-1-2-4-16(15)22-18(25)13(10-20)11-21-14-7-5-12(6-8-14)9-17(23)24/h1-8,11,21H,9H2,(H,22,25)(H,23,24)/b13-11-. The first-order valence-electron chi connectivity index (χ1n) is 7.23. The lowest BCUT2D eigenvalue weighted by molar-refractivity contribution is -0.136. The summed E-state index contributed by atoms with van der Waals surface area (Å²) in [5, 5.41) is 23.6. The maximum atomic E-state index is 12.1. The van der Waals surface area contributed by atoms with Crippen molar-refractivity contribution in [2.75, 3.05) is 10.6 Å². The summed E-state index contributed by atoms with van der Waals surface area (Å²) in [7, 11) is 0. The van der Waals surface area contributed by atoms with E-state index in [1.165, 1.54) is 6.20 Å². The molecule has 0 saturated heterocycles. The van der Waals surface area contributed by atoms with Crippen LogP contribution in [0, 0.1) is 11.3 Å². The predicted octanol–water partition coefficient (Wildman–Crippen LogP) is 3.43. The molecule has 2 aromatic rings. The number of nitrogens with one attached hydrogen (secondary N) is 2. The highest BCUT2D eigenvalue weighted by molar-refractivity contribution is 6.33. The van der Waals surface area contributed by atoms with Gasteiger partial charge in [-0.25, -0.2) is 0 Å². The van der Waals surface area contributed by atoms with Gasteiger partial charge in [-0.2, -0.15) is 5.26 Å². The maximum Gasteiger partial charge on any atom is 0.307 e. The summed E-state index contributed by atoms with van der Waals surface area (Å²) in [5.74, 6) is -1.51. The van der Waals surface area contributed by atoms with Crippen LogP contribution >= 0.6 is 11.6 Å². The summed E-state index contributed by atoms with van der Waals surface area (Å²) in [6.07, 6.45) is 1.21. The Morgan fingerprint density at radius 1 is 1.16 bits per heavy atom. The summed E-state index contributed by atoms with van der Waals surface area (Å²) < 4.78 is 0. The lowest BCUT2D eigenvalue weighted by atomic mass is 10.1. The van der Waals surface area contributed by atoms with Gasteiger partial charge >= 0.3 is 5.97 Å². The molecule has 0 aliphatic heterocycles. The van der Waals surface area contributed by atoms with E-state index in [0.29, 0.717) is 22.0 Å². The summed E-state index contributed by atoms with van der Waals surface area (Å²) in [6, 6.07) is 15.2. The molecule has 3 N–H and O–H groups in total. The van der Waals surface area contributed by atoms with Crippen molar-refractivity contribution < 1.29 is 14.7 Å². The number of rotatable bonds is 6. The number of benzene rings is 2. The van der Waals surface area contributed by atoms with Crippen LogP contribution in [0.25, 0.3) is 0 Å². The number of carboxylic acids is 1.